The summed E-state index contributed by atoms with van der Waals surface area (Å²) in [4.78, 5) is 0. The van der Waals surface area contributed by atoms with Crippen LogP contribution in [0.2, 0.25) is 0 Å². The lowest BCUT2D eigenvalue weighted by Gasteiger charge is -2.09. The van der Waals surface area contributed by atoms with Crippen molar-refractivity contribution in [2.75, 3.05) is 0 Å². The average molecular weight is 172 g/mol. The predicted octanol–water partition coefficient (Wildman–Crippen LogP) is -0.0396. The van der Waals surface area contributed by atoms with Crippen LogP contribution >= 0.6 is 0 Å². The maximum atomic E-state index is 10.9. The number of rotatable bonds is 0. The average Bonchev–Trinajstić information content (AvgIpc) is 2.29. The van der Waals surface area contributed by atoms with Gasteiger partial charge in [-0.05, 0) is 17.3 Å². The standard InChI is InChI=1S/C5H4N2O3S/c8-11(9)7-4-2-1-3-5(7)6-10-11/h1-4H. The van der Waals surface area contributed by atoms with Crippen molar-refractivity contribution in [1.29, 1.82) is 0 Å². The van der Waals surface area contributed by atoms with Crippen LogP contribution in [-0.2, 0) is 14.6 Å². The van der Waals surface area contributed by atoms with Crippen LogP contribution in [0.3, 0.4) is 0 Å². The van der Waals surface area contributed by atoms with Gasteiger partial charge in [-0.15, -0.1) is 0 Å². The van der Waals surface area contributed by atoms with Crippen LogP contribution in [0.15, 0.2) is 29.6 Å². The topological polar surface area (TPSA) is 59.0 Å². The molecule has 0 bridgehead atoms. The number of hydrogen-bond acceptors (Lipinski definition) is 4. The predicted molar refractivity (Wildman–Crippen MR) is 37.6 cm³/mol. The van der Waals surface area contributed by atoms with Gasteiger partial charge in [0.2, 0.25) is 0 Å². The summed E-state index contributed by atoms with van der Waals surface area (Å²) in [5, 5.41) is 3.33. The monoisotopic (exact) mass is 172 g/mol. The second kappa shape index (κ2) is 1.85. The van der Waals surface area contributed by atoms with E-state index in [0.717, 1.165) is 4.31 Å². The third kappa shape index (κ3) is 0.829. The highest BCUT2D eigenvalue weighted by molar-refractivity contribution is 7.85. The second-order valence-corrected chi connectivity index (χ2v) is 3.38. The summed E-state index contributed by atoms with van der Waals surface area (Å²) in [6, 6.07) is 0. The largest absolute Gasteiger partial charge is 0.434 e. The zero-order valence-corrected chi connectivity index (χ0v) is 6.15. The summed E-state index contributed by atoms with van der Waals surface area (Å²) < 4.78 is 26.9. The maximum Gasteiger partial charge on any atom is 0.434 e. The molecule has 2 heterocycles. The fourth-order valence-corrected chi connectivity index (χ4v) is 1.59. The fraction of sp³-hybridized carbons (Fsp3) is 0. The van der Waals surface area contributed by atoms with Crippen molar-refractivity contribution < 1.29 is 12.7 Å². The number of nitrogens with zero attached hydrogens (tertiary/aromatic N) is 2. The molecule has 0 saturated carbocycles. The first-order valence-corrected chi connectivity index (χ1v) is 4.22. The Morgan fingerprint density at radius 2 is 2.27 bits per heavy atom. The highest BCUT2D eigenvalue weighted by atomic mass is 32.2. The van der Waals surface area contributed by atoms with Crippen LogP contribution in [0.25, 0.3) is 0 Å². The van der Waals surface area contributed by atoms with Crippen LogP contribution < -0.4 is 0 Å². The SMILES string of the molecule is O=S1(=O)ON=C2C=CC=CN21. The Kier molecular flexibility index (Phi) is 1.08. The zero-order chi connectivity index (χ0) is 7.90. The molecular weight excluding hydrogens is 168 g/mol. The second-order valence-electron chi connectivity index (χ2n) is 1.98. The van der Waals surface area contributed by atoms with Crippen molar-refractivity contribution in [2.24, 2.45) is 5.16 Å². The van der Waals surface area contributed by atoms with Crippen LogP contribution in [0.1, 0.15) is 0 Å². The first-order chi connectivity index (χ1) is 5.20. The van der Waals surface area contributed by atoms with Gasteiger partial charge in [-0.3, -0.25) is 0 Å². The van der Waals surface area contributed by atoms with Crippen LogP contribution in [-0.4, -0.2) is 18.6 Å². The molecule has 0 aliphatic carbocycles. The Morgan fingerprint density at radius 3 is 3.00 bits per heavy atom. The Balaban J connectivity index is 2.51. The Morgan fingerprint density at radius 1 is 1.45 bits per heavy atom. The number of oxime groups is 1. The minimum absolute atomic E-state index is 0.285. The van der Waals surface area contributed by atoms with Gasteiger partial charge in [0.05, 0.1) is 0 Å². The lowest BCUT2D eigenvalue weighted by molar-refractivity contribution is 0.343. The van der Waals surface area contributed by atoms with Crippen LogP contribution in [0.5, 0.6) is 0 Å². The van der Waals surface area contributed by atoms with E-state index in [1.54, 1.807) is 18.2 Å². The molecule has 0 saturated heterocycles. The molecule has 0 spiro atoms. The van der Waals surface area contributed by atoms with E-state index in [2.05, 4.69) is 9.44 Å². The van der Waals surface area contributed by atoms with Gasteiger partial charge < -0.3 is 0 Å². The van der Waals surface area contributed by atoms with Crippen molar-refractivity contribution in [1.82, 2.24) is 4.31 Å². The van der Waals surface area contributed by atoms with E-state index >= 15 is 0 Å². The lowest BCUT2D eigenvalue weighted by atomic mass is 10.4. The van der Waals surface area contributed by atoms with E-state index in [4.69, 9.17) is 0 Å². The van der Waals surface area contributed by atoms with Gasteiger partial charge in [0.1, 0.15) is 0 Å². The molecule has 0 atom stereocenters. The fourth-order valence-electron chi connectivity index (χ4n) is 0.800. The minimum atomic E-state index is -3.66. The third-order valence-corrected chi connectivity index (χ3v) is 2.32. The van der Waals surface area contributed by atoms with E-state index in [9.17, 15) is 8.42 Å². The highest BCUT2D eigenvalue weighted by Crippen LogP contribution is 2.17. The molecule has 58 valence electrons. The molecule has 5 nitrogen and oxygen atoms in total. The van der Waals surface area contributed by atoms with Gasteiger partial charge >= 0.3 is 10.3 Å². The van der Waals surface area contributed by atoms with Crippen molar-refractivity contribution >= 4 is 16.1 Å². The Labute approximate surface area is 63.5 Å². The normalized spacial score (nSPS) is 24.4. The van der Waals surface area contributed by atoms with Crippen molar-refractivity contribution in [3.05, 3.63) is 24.4 Å². The molecule has 0 fully saturated rings. The molecule has 2 aliphatic heterocycles. The van der Waals surface area contributed by atoms with E-state index in [1.165, 1.54) is 6.20 Å². The molecule has 11 heavy (non-hydrogen) atoms. The number of hydrogen-bond donors (Lipinski definition) is 0. The summed E-state index contributed by atoms with van der Waals surface area (Å²) in [6.07, 6.45) is 6.19. The Hall–Kier alpha value is -1.30. The Bertz CT molecular complexity index is 365. The quantitative estimate of drug-likeness (QED) is 0.515. The molecule has 0 aromatic heterocycles. The van der Waals surface area contributed by atoms with Gasteiger partial charge in [0.15, 0.2) is 5.84 Å². The summed E-state index contributed by atoms with van der Waals surface area (Å²) >= 11 is 0. The van der Waals surface area contributed by atoms with Gasteiger partial charge in [-0.1, -0.05) is 6.08 Å². The first kappa shape index (κ1) is 6.41. The first-order valence-electron chi connectivity index (χ1n) is 2.86. The van der Waals surface area contributed by atoms with E-state index in [0.29, 0.717) is 0 Å². The minimum Gasteiger partial charge on any atom is -0.250 e. The highest BCUT2D eigenvalue weighted by Gasteiger charge is 2.31. The summed E-state index contributed by atoms with van der Waals surface area (Å²) in [7, 11) is -3.66. The molecule has 0 unspecified atom stereocenters. The van der Waals surface area contributed by atoms with E-state index < -0.39 is 10.3 Å². The van der Waals surface area contributed by atoms with E-state index in [1.807, 2.05) is 0 Å². The van der Waals surface area contributed by atoms with Gasteiger partial charge in [-0.25, -0.2) is 4.28 Å². The molecule has 2 aliphatic rings. The van der Waals surface area contributed by atoms with Gasteiger partial charge in [0.25, 0.3) is 0 Å². The number of fused-ring (bicyclic) bond motifs is 1. The smallest absolute Gasteiger partial charge is 0.250 e. The van der Waals surface area contributed by atoms with Gasteiger partial charge in [0, 0.05) is 6.20 Å². The molecular formula is C5H4N2O3S. The molecule has 0 amide bonds. The molecule has 0 N–H and O–H groups in total. The van der Waals surface area contributed by atoms with Crippen LogP contribution in [0.4, 0.5) is 0 Å². The number of allylic oxidation sites excluding steroid dienone is 2. The van der Waals surface area contributed by atoms with Crippen molar-refractivity contribution in [3.8, 4) is 0 Å². The van der Waals surface area contributed by atoms with Crippen molar-refractivity contribution in [2.45, 2.75) is 0 Å². The molecule has 0 radical (unpaired) electrons. The zero-order valence-electron chi connectivity index (χ0n) is 5.34. The summed E-state index contributed by atoms with van der Waals surface area (Å²) in [5.74, 6) is 0.285. The molecule has 2 rings (SSSR count). The van der Waals surface area contributed by atoms with E-state index in [-0.39, 0.29) is 5.84 Å². The number of amidine groups is 1. The maximum absolute atomic E-state index is 10.9. The van der Waals surface area contributed by atoms with Crippen molar-refractivity contribution in [3.63, 3.8) is 0 Å². The van der Waals surface area contributed by atoms with Crippen LogP contribution in [0, 0.1) is 0 Å². The summed E-state index contributed by atoms with van der Waals surface area (Å²) in [6.45, 7) is 0. The third-order valence-electron chi connectivity index (χ3n) is 1.27. The lowest BCUT2D eigenvalue weighted by Crippen LogP contribution is -2.26. The molecule has 0 aromatic rings. The van der Waals surface area contributed by atoms with Gasteiger partial charge in [-0.2, -0.15) is 12.7 Å². The molecule has 6 heteroatoms. The summed E-state index contributed by atoms with van der Waals surface area (Å²) in [5.41, 5.74) is 0. The molecule has 0 aromatic carbocycles.